The Kier molecular flexibility index (Phi) is 4.19. The molecule has 0 saturated carbocycles. The highest BCUT2D eigenvalue weighted by atomic mass is 32.2. The Morgan fingerprint density at radius 2 is 1.48 bits per heavy atom. The van der Waals surface area contributed by atoms with E-state index in [4.69, 9.17) is 0 Å². The third-order valence-corrected chi connectivity index (χ3v) is 5.65. The van der Waals surface area contributed by atoms with Crippen LogP contribution in [0.2, 0.25) is 0 Å². The second-order valence-electron chi connectivity index (χ2n) is 5.32. The maximum atomic E-state index is 12.4. The predicted octanol–water partition coefficient (Wildman–Crippen LogP) is 4.23. The van der Waals surface area contributed by atoms with Crippen molar-refractivity contribution in [1.29, 1.82) is 0 Å². The van der Waals surface area contributed by atoms with Crippen molar-refractivity contribution in [2.24, 2.45) is 0 Å². The van der Waals surface area contributed by atoms with Crippen LogP contribution in [0.25, 0.3) is 11.3 Å². The Morgan fingerprint density at radius 3 is 2.09 bits per heavy atom. The molecule has 0 saturated heterocycles. The number of sulfonamides is 1. The molecule has 3 rings (SSSR count). The van der Waals surface area contributed by atoms with Gasteiger partial charge in [-0.1, -0.05) is 47.5 Å². The van der Waals surface area contributed by atoms with Gasteiger partial charge in [0.25, 0.3) is 10.0 Å². The Morgan fingerprint density at radius 1 is 0.913 bits per heavy atom. The van der Waals surface area contributed by atoms with Gasteiger partial charge in [0.1, 0.15) is 0 Å². The van der Waals surface area contributed by atoms with Crippen LogP contribution in [-0.2, 0) is 10.0 Å². The molecule has 23 heavy (non-hydrogen) atoms. The van der Waals surface area contributed by atoms with Crippen LogP contribution < -0.4 is 4.72 Å². The number of aryl methyl sites for hydroxylation is 2. The van der Waals surface area contributed by atoms with Gasteiger partial charge >= 0.3 is 0 Å². The van der Waals surface area contributed by atoms with E-state index in [0.717, 1.165) is 16.8 Å². The molecular weight excluding hydrogens is 328 g/mol. The number of thiazole rings is 1. The van der Waals surface area contributed by atoms with Crippen molar-refractivity contribution < 1.29 is 8.42 Å². The van der Waals surface area contributed by atoms with E-state index in [1.807, 2.05) is 43.5 Å². The minimum Gasteiger partial charge on any atom is -0.255 e. The highest BCUT2D eigenvalue weighted by molar-refractivity contribution is 7.93. The fourth-order valence-corrected chi connectivity index (χ4v) is 4.04. The largest absolute Gasteiger partial charge is 0.263 e. The van der Waals surface area contributed by atoms with Gasteiger partial charge in [0.2, 0.25) is 0 Å². The Balaban J connectivity index is 1.83. The summed E-state index contributed by atoms with van der Waals surface area (Å²) in [4.78, 5) is 4.60. The molecule has 1 heterocycles. The SMILES string of the molecule is Cc1ccc(-c2csc(NS(=O)(=O)c3ccc(C)cc3)n2)cc1. The molecule has 1 aromatic heterocycles. The van der Waals surface area contributed by atoms with Crippen LogP contribution in [0.4, 0.5) is 5.13 Å². The zero-order valence-electron chi connectivity index (χ0n) is 12.8. The van der Waals surface area contributed by atoms with E-state index >= 15 is 0 Å². The second kappa shape index (κ2) is 6.14. The molecule has 0 aliphatic heterocycles. The van der Waals surface area contributed by atoms with Gasteiger partial charge in [0.15, 0.2) is 5.13 Å². The standard InChI is InChI=1S/C17H16N2O2S2/c1-12-3-7-14(8-4-12)16-11-22-17(18-16)19-23(20,21)15-9-5-13(2)6-10-15/h3-11H,1-2H3,(H,18,19). The van der Waals surface area contributed by atoms with Gasteiger partial charge in [-0.05, 0) is 26.0 Å². The molecular formula is C17H16N2O2S2. The van der Waals surface area contributed by atoms with Gasteiger partial charge in [-0.25, -0.2) is 13.4 Å². The molecule has 2 aromatic carbocycles. The first kappa shape index (κ1) is 15.7. The quantitative estimate of drug-likeness (QED) is 0.770. The Bertz CT molecular complexity index is 912. The first-order chi connectivity index (χ1) is 10.9. The molecule has 0 aliphatic carbocycles. The van der Waals surface area contributed by atoms with E-state index in [2.05, 4.69) is 9.71 Å². The molecule has 3 aromatic rings. The topological polar surface area (TPSA) is 59.1 Å². The molecule has 0 unspecified atom stereocenters. The minimum atomic E-state index is -3.61. The van der Waals surface area contributed by atoms with Crippen LogP contribution >= 0.6 is 11.3 Å². The van der Waals surface area contributed by atoms with E-state index in [0.29, 0.717) is 5.13 Å². The third-order valence-electron chi connectivity index (χ3n) is 3.40. The molecule has 6 heteroatoms. The van der Waals surface area contributed by atoms with Gasteiger partial charge < -0.3 is 0 Å². The smallest absolute Gasteiger partial charge is 0.255 e. The van der Waals surface area contributed by atoms with Crippen LogP contribution in [0.3, 0.4) is 0 Å². The van der Waals surface area contributed by atoms with Crippen molar-refractivity contribution in [1.82, 2.24) is 4.98 Å². The lowest BCUT2D eigenvalue weighted by atomic mass is 10.1. The summed E-state index contributed by atoms with van der Waals surface area (Å²) < 4.78 is 27.3. The fraction of sp³-hybridized carbons (Fsp3) is 0.118. The summed E-state index contributed by atoms with van der Waals surface area (Å²) in [5.41, 5.74) is 3.91. The molecule has 1 N–H and O–H groups in total. The average Bonchev–Trinajstić information content (AvgIpc) is 2.96. The van der Waals surface area contributed by atoms with Gasteiger partial charge in [0, 0.05) is 10.9 Å². The summed E-state index contributed by atoms with van der Waals surface area (Å²) in [5, 5.41) is 2.21. The number of nitrogens with one attached hydrogen (secondary N) is 1. The van der Waals surface area contributed by atoms with Gasteiger partial charge in [-0.15, -0.1) is 11.3 Å². The summed E-state index contributed by atoms with van der Waals surface area (Å²) in [7, 11) is -3.61. The molecule has 0 bridgehead atoms. The van der Waals surface area contributed by atoms with Crippen molar-refractivity contribution in [3.8, 4) is 11.3 Å². The van der Waals surface area contributed by atoms with Gasteiger partial charge in [-0.2, -0.15) is 0 Å². The summed E-state index contributed by atoms with van der Waals surface area (Å²) in [5.74, 6) is 0. The summed E-state index contributed by atoms with van der Waals surface area (Å²) in [6, 6.07) is 14.7. The molecule has 0 atom stereocenters. The number of hydrogen-bond donors (Lipinski definition) is 1. The predicted molar refractivity (Wildman–Crippen MR) is 94.3 cm³/mol. The minimum absolute atomic E-state index is 0.232. The Labute approximate surface area is 139 Å². The van der Waals surface area contributed by atoms with Crippen LogP contribution in [0.5, 0.6) is 0 Å². The number of anilines is 1. The maximum Gasteiger partial charge on any atom is 0.263 e. The van der Waals surface area contributed by atoms with Crippen molar-refractivity contribution in [2.45, 2.75) is 18.7 Å². The van der Waals surface area contributed by atoms with E-state index in [1.54, 1.807) is 24.3 Å². The third kappa shape index (κ3) is 3.60. The molecule has 4 nitrogen and oxygen atoms in total. The molecule has 118 valence electrons. The number of nitrogens with zero attached hydrogens (tertiary/aromatic N) is 1. The van der Waals surface area contributed by atoms with Crippen LogP contribution in [0.15, 0.2) is 58.8 Å². The summed E-state index contributed by atoms with van der Waals surface area (Å²) in [6.45, 7) is 3.93. The fourth-order valence-electron chi connectivity index (χ4n) is 2.07. The number of rotatable bonds is 4. The van der Waals surface area contributed by atoms with Crippen molar-refractivity contribution >= 4 is 26.5 Å². The average molecular weight is 344 g/mol. The molecule has 0 fully saturated rings. The van der Waals surface area contributed by atoms with Crippen LogP contribution in [0, 0.1) is 13.8 Å². The first-order valence-corrected chi connectivity index (χ1v) is 9.42. The van der Waals surface area contributed by atoms with E-state index in [1.165, 1.54) is 16.9 Å². The van der Waals surface area contributed by atoms with Crippen molar-refractivity contribution in [3.05, 3.63) is 65.0 Å². The van der Waals surface area contributed by atoms with Crippen molar-refractivity contribution in [3.63, 3.8) is 0 Å². The van der Waals surface area contributed by atoms with Crippen LogP contribution in [-0.4, -0.2) is 13.4 Å². The highest BCUT2D eigenvalue weighted by Gasteiger charge is 2.16. The monoisotopic (exact) mass is 344 g/mol. The second-order valence-corrected chi connectivity index (χ2v) is 7.86. The molecule has 0 amide bonds. The van der Waals surface area contributed by atoms with Crippen molar-refractivity contribution in [2.75, 3.05) is 4.72 Å². The molecule has 0 radical (unpaired) electrons. The maximum absolute atomic E-state index is 12.4. The zero-order chi connectivity index (χ0) is 16.4. The van der Waals surface area contributed by atoms with Gasteiger partial charge in [-0.3, -0.25) is 4.72 Å². The number of benzene rings is 2. The summed E-state index contributed by atoms with van der Waals surface area (Å²) in [6.07, 6.45) is 0. The normalized spacial score (nSPS) is 11.4. The Hall–Kier alpha value is -2.18. The number of aromatic nitrogens is 1. The first-order valence-electron chi connectivity index (χ1n) is 7.06. The van der Waals surface area contributed by atoms with E-state index < -0.39 is 10.0 Å². The highest BCUT2D eigenvalue weighted by Crippen LogP contribution is 2.26. The summed E-state index contributed by atoms with van der Waals surface area (Å²) >= 11 is 1.27. The molecule has 0 aliphatic rings. The lowest BCUT2D eigenvalue weighted by molar-refractivity contribution is 0.601. The van der Waals surface area contributed by atoms with E-state index in [9.17, 15) is 8.42 Å². The van der Waals surface area contributed by atoms with Crippen LogP contribution in [0.1, 0.15) is 11.1 Å². The zero-order valence-corrected chi connectivity index (χ0v) is 14.4. The number of hydrogen-bond acceptors (Lipinski definition) is 4. The molecule has 0 spiro atoms. The van der Waals surface area contributed by atoms with E-state index in [-0.39, 0.29) is 4.90 Å². The lowest BCUT2D eigenvalue weighted by Gasteiger charge is -2.05. The van der Waals surface area contributed by atoms with Gasteiger partial charge in [0.05, 0.1) is 10.6 Å². The lowest BCUT2D eigenvalue weighted by Crippen LogP contribution is -2.12.